The van der Waals surface area contributed by atoms with Gasteiger partial charge in [-0.1, -0.05) is 42.5 Å². The highest BCUT2D eigenvalue weighted by Gasteiger charge is 2.42. The van der Waals surface area contributed by atoms with Crippen LogP contribution in [0.3, 0.4) is 0 Å². The van der Waals surface area contributed by atoms with Crippen LogP contribution in [-0.4, -0.2) is 33.6 Å². The SMILES string of the molecule is Cc1nc(C(C)NC(=O)C(Cc2ccccc2)N2C(=O)c3ccccc3C2=O)cs1. The Kier molecular flexibility index (Phi) is 5.46. The van der Waals surface area contributed by atoms with Crippen molar-refractivity contribution in [2.45, 2.75) is 32.4 Å². The third-order valence-corrected chi connectivity index (χ3v) is 5.94. The number of benzene rings is 2. The van der Waals surface area contributed by atoms with Crippen molar-refractivity contribution in [1.82, 2.24) is 15.2 Å². The number of nitrogens with one attached hydrogen (secondary N) is 1. The smallest absolute Gasteiger partial charge is 0.262 e. The topological polar surface area (TPSA) is 79.4 Å². The third kappa shape index (κ3) is 3.76. The summed E-state index contributed by atoms with van der Waals surface area (Å²) in [4.78, 5) is 44.8. The summed E-state index contributed by atoms with van der Waals surface area (Å²) in [6, 6.07) is 14.8. The fraction of sp³-hybridized carbons (Fsp3) is 0.217. The molecule has 1 N–H and O–H groups in total. The first-order chi connectivity index (χ1) is 14.5. The van der Waals surface area contributed by atoms with Crippen LogP contribution in [0.5, 0.6) is 0 Å². The van der Waals surface area contributed by atoms with E-state index in [1.54, 1.807) is 24.3 Å². The summed E-state index contributed by atoms with van der Waals surface area (Å²) in [5.41, 5.74) is 2.28. The number of aryl methyl sites for hydroxylation is 1. The molecule has 3 aromatic rings. The van der Waals surface area contributed by atoms with Gasteiger partial charge in [0.25, 0.3) is 11.8 Å². The van der Waals surface area contributed by atoms with Gasteiger partial charge in [-0.15, -0.1) is 11.3 Å². The molecule has 0 saturated carbocycles. The Labute approximate surface area is 178 Å². The van der Waals surface area contributed by atoms with E-state index in [2.05, 4.69) is 10.3 Å². The van der Waals surface area contributed by atoms with E-state index < -0.39 is 17.9 Å². The molecule has 0 radical (unpaired) electrons. The highest BCUT2D eigenvalue weighted by Crippen LogP contribution is 2.26. The van der Waals surface area contributed by atoms with Crippen molar-refractivity contribution in [1.29, 1.82) is 0 Å². The van der Waals surface area contributed by atoms with E-state index in [0.29, 0.717) is 11.1 Å². The zero-order valence-corrected chi connectivity index (χ0v) is 17.5. The molecule has 7 heteroatoms. The summed E-state index contributed by atoms with van der Waals surface area (Å²) in [6.45, 7) is 3.74. The van der Waals surface area contributed by atoms with Gasteiger partial charge in [-0.2, -0.15) is 0 Å². The van der Waals surface area contributed by atoms with Crippen LogP contribution >= 0.6 is 11.3 Å². The van der Waals surface area contributed by atoms with Crippen LogP contribution in [0, 0.1) is 6.92 Å². The number of amides is 3. The first-order valence-electron chi connectivity index (χ1n) is 9.69. The van der Waals surface area contributed by atoms with Gasteiger partial charge < -0.3 is 5.32 Å². The molecule has 0 fully saturated rings. The van der Waals surface area contributed by atoms with E-state index in [0.717, 1.165) is 21.2 Å². The zero-order valence-electron chi connectivity index (χ0n) is 16.7. The number of carbonyl (C=O) groups excluding carboxylic acids is 3. The van der Waals surface area contributed by atoms with Crippen LogP contribution in [-0.2, 0) is 11.2 Å². The minimum absolute atomic E-state index is 0.237. The van der Waals surface area contributed by atoms with E-state index in [9.17, 15) is 14.4 Å². The van der Waals surface area contributed by atoms with E-state index in [1.807, 2.05) is 49.6 Å². The van der Waals surface area contributed by atoms with Crippen LogP contribution < -0.4 is 5.32 Å². The molecule has 6 nitrogen and oxygen atoms in total. The second kappa shape index (κ2) is 8.20. The number of hydrogen-bond donors (Lipinski definition) is 1. The van der Waals surface area contributed by atoms with Crippen LogP contribution in [0.25, 0.3) is 0 Å². The minimum atomic E-state index is -0.956. The van der Waals surface area contributed by atoms with Gasteiger partial charge in [0.05, 0.1) is 27.9 Å². The maximum absolute atomic E-state index is 13.3. The maximum Gasteiger partial charge on any atom is 0.262 e. The van der Waals surface area contributed by atoms with Crippen molar-refractivity contribution in [2.75, 3.05) is 0 Å². The molecule has 2 unspecified atom stereocenters. The summed E-state index contributed by atoms with van der Waals surface area (Å²) >= 11 is 1.51. The average molecular weight is 420 g/mol. The lowest BCUT2D eigenvalue weighted by Gasteiger charge is -2.27. The molecule has 0 bridgehead atoms. The normalized spacial score (nSPS) is 15.1. The summed E-state index contributed by atoms with van der Waals surface area (Å²) < 4.78 is 0. The quantitative estimate of drug-likeness (QED) is 0.620. The second-order valence-electron chi connectivity index (χ2n) is 7.25. The first kappa shape index (κ1) is 20.0. The number of hydrogen-bond acceptors (Lipinski definition) is 5. The lowest BCUT2D eigenvalue weighted by molar-refractivity contribution is -0.125. The van der Waals surface area contributed by atoms with Crippen molar-refractivity contribution >= 4 is 29.1 Å². The van der Waals surface area contributed by atoms with Gasteiger partial charge in [-0.25, -0.2) is 4.98 Å². The average Bonchev–Trinajstić information content (AvgIpc) is 3.29. The molecule has 152 valence electrons. The molecule has 4 rings (SSSR count). The summed E-state index contributed by atoms with van der Waals surface area (Å²) in [6.07, 6.45) is 0.237. The molecule has 2 aromatic carbocycles. The Morgan fingerprint density at radius 1 is 1.03 bits per heavy atom. The Bertz CT molecular complexity index is 1070. The molecule has 3 amide bonds. The fourth-order valence-corrected chi connectivity index (χ4v) is 4.30. The van der Waals surface area contributed by atoms with Crippen LogP contribution in [0.2, 0.25) is 0 Å². The fourth-order valence-electron chi connectivity index (χ4n) is 3.59. The molecule has 1 aromatic heterocycles. The molecule has 2 atom stereocenters. The largest absolute Gasteiger partial charge is 0.346 e. The van der Waals surface area contributed by atoms with Gasteiger partial charge >= 0.3 is 0 Å². The molecular weight excluding hydrogens is 398 g/mol. The van der Waals surface area contributed by atoms with E-state index in [4.69, 9.17) is 0 Å². The zero-order chi connectivity index (χ0) is 21.3. The number of carbonyl (C=O) groups is 3. The standard InChI is InChI=1S/C23H21N3O3S/c1-14(19-13-30-15(2)25-19)24-21(27)20(12-16-8-4-3-5-9-16)26-22(28)17-10-6-7-11-18(17)23(26)29/h3-11,13-14,20H,12H2,1-2H3,(H,24,27). The molecule has 0 spiro atoms. The predicted octanol–water partition coefficient (Wildman–Crippen LogP) is 3.54. The van der Waals surface area contributed by atoms with Crippen LogP contribution in [0.4, 0.5) is 0 Å². The van der Waals surface area contributed by atoms with E-state index in [1.165, 1.54) is 11.3 Å². The van der Waals surface area contributed by atoms with Crippen molar-refractivity contribution < 1.29 is 14.4 Å². The monoisotopic (exact) mass is 419 g/mol. The van der Waals surface area contributed by atoms with Crippen molar-refractivity contribution in [3.8, 4) is 0 Å². The van der Waals surface area contributed by atoms with Gasteiger partial charge in [0.2, 0.25) is 5.91 Å². The first-order valence-corrected chi connectivity index (χ1v) is 10.6. The molecule has 1 aliphatic heterocycles. The minimum Gasteiger partial charge on any atom is -0.346 e. The summed E-state index contributed by atoms with van der Waals surface area (Å²) in [7, 11) is 0. The highest BCUT2D eigenvalue weighted by atomic mass is 32.1. The number of nitrogens with zero attached hydrogens (tertiary/aromatic N) is 2. The third-order valence-electron chi connectivity index (χ3n) is 5.15. The van der Waals surface area contributed by atoms with Crippen molar-refractivity contribution in [2.24, 2.45) is 0 Å². The highest BCUT2D eigenvalue weighted by molar-refractivity contribution is 7.09. The second-order valence-corrected chi connectivity index (χ2v) is 8.32. The lowest BCUT2D eigenvalue weighted by atomic mass is 10.0. The molecule has 0 saturated heterocycles. The molecule has 1 aliphatic rings. The van der Waals surface area contributed by atoms with E-state index in [-0.39, 0.29) is 18.4 Å². The number of aromatic nitrogens is 1. The maximum atomic E-state index is 13.3. The molecule has 30 heavy (non-hydrogen) atoms. The van der Waals surface area contributed by atoms with Gasteiger partial charge in [-0.3, -0.25) is 19.3 Å². The lowest BCUT2D eigenvalue weighted by Crippen LogP contribution is -2.51. The Morgan fingerprint density at radius 2 is 1.63 bits per heavy atom. The van der Waals surface area contributed by atoms with Crippen LogP contribution in [0.15, 0.2) is 60.0 Å². The van der Waals surface area contributed by atoms with Gasteiger partial charge in [-0.05, 0) is 31.5 Å². The van der Waals surface area contributed by atoms with Crippen molar-refractivity contribution in [3.63, 3.8) is 0 Å². The number of rotatable bonds is 6. The number of fused-ring (bicyclic) bond motifs is 1. The van der Waals surface area contributed by atoms with Gasteiger partial charge in [0.15, 0.2) is 0 Å². The summed E-state index contributed by atoms with van der Waals surface area (Å²) in [5.74, 6) is -1.26. The van der Waals surface area contributed by atoms with Crippen LogP contribution in [0.1, 0.15) is 49.9 Å². The van der Waals surface area contributed by atoms with E-state index >= 15 is 0 Å². The predicted molar refractivity (Wildman–Crippen MR) is 114 cm³/mol. The van der Waals surface area contributed by atoms with Gasteiger partial charge in [0, 0.05) is 11.8 Å². The Morgan fingerprint density at radius 3 is 2.20 bits per heavy atom. The Balaban J connectivity index is 1.64. The number of thiazole rings is 1. The molecule has 2 heterocycles. The molecule has 0 aliphatic carbocycles. The van der Waals surface area contributed by atoms with Gasteiger partial charge in [0.1, 0.15) is 6.04 Å². The summed E-state index contributed by atoms with van der Waals surface area (Å²) in [5, 5.41) is 5.74. The van der Waals surface area contributed by atoms with Crippen molar-refractivity contribution in [3.05, 3.63) is 87.4 Å². The number of imide groups is 1. The molecular formula is C23H21N3O3S. The Hall–Kier alpha value is -3.32.